The predicted octanol–water partition coefficient (Wildman–Crippen LogP) is 2.55. The molecule has 192 valence electrons. The van der Waals surface area contributed by atoms with Crippen LogP contribution in [0.25, 0.3) is 16.8 Å². The predicted molar refractivity (Wildman–Crippen MR) is 130 cm³/mol. The number of amides is 2. The van der Waals surface area contributed by atoms with Gasteiger partial charge in [0.1, 0.15) is 23.3 Å². The number of hydrogen-bond donors (Lipinski definition) is 3. The van der Waals surface area contributed by atoms with Crippen LogP contribution in [0.3, 0.4) is 0 Å². The Morgan fingerprint density at radius 3 is 2.78 bits per heavy atom. The molecule has 0 spiro atoms. The molecule has 3 N–H and O–H groups in total. The van der Waals surface area contributed by atoms with Gasteiger partial charge in [0.15, 0.2) is 5.78 Å². The topological polar surface area (TPSA) is 133 Å². The summed E-state index contributed by atoms with van der Waals surface area (Å²) in [5, 5.41) is 21.0. The number of nitrogens with zero attached hydrogens (tertiary/aromatic N) is 3. The van der Waals surface area contributed by atoms with Gasteiger partial charge in [-0.1, -0.05) is 7.43 Å². The van der Waals surface area contributed by atoms with Gasteiger partial charge in [-0.3, -0.25) is 18.9 Å². The normalized spacial score (nSPS) is 15.9. The van der Waals surface area contributed by atoms with Crippen LogP contribution in [-0.4, -0.2) is 69.3 Å². The zero-order valence-electron chi connectivity index (χ0n) is 19.0. The molecule has 4 rings (SSSR count). The number of carbonyl (C=O) groups excluding carboxylic acids is 3. The highest BCUT2D eigenvalue weighted by molar-refractivity contribution is 5.95. The summed E-state index contributed by atoms with van der Waals surface area (Å²) < 4.78 is 21.9. The molecular formula is C25H29FN4O6. The van der Waals surface area contributed by atoms with Gasteiger partial charge in [-0.25, -0.2) is 14.2 Å². The molecule has 36 heavy (non-hydrogen) atoms. The van der Waals surface area contributed by atoms with E-state index in [1.54, 1.807) is 34.9 Å². The van der Waals surface area contributed by atoms with E-state index in [0.717, 1.165) is 0 Å². The van der Waals surface area contributed by atoms with E-state index in [9.17, 15) is 19.5 Å². The number of cyclic esters (lactones) is 1. The molecule has 1 fully saturated rings. The zero-order valence-corrected chi connectivity index (χ0v) is 19.0. The maximum atomic E-state index is 15.0. The molecule has 11 heteroatoms. The van der Waals surface area contributed by atoms with E-state index in [4.69, 9.17) is 9.84 Å². The third-order valence-corrected chi connectivity index (χ3v) is 5.74. The molecule has 0 unspecified atom stereocenters. The molecule has 2 atom stereocenters. The fourth-order valence-corrected chi connectivity index (χ4v) is 3.87. The Labute approximate surface area is 207 Å². The zero-order chi connectivity index (χ0) is 25.1. The summed E-state index contributed by atoms with van der Waals surface area (Å²) in [5.41, 5.74) is 1.94. The molecule has 0 saturated carbocycles. The van der Waals surface area contributed by atoms with Gasteiger partial charge in [-0.05, 0) is 42.3 Å². The fraction of sp³-hybridized carbons (Fsp3) is 0.360. The lowest BCUT2D eigenvalue weighted by Gasteiger charge is -2.14. The van der Waals surface area contributed by atoms with Crippen molar-refractivity contribution in [1.82, 2.24) is 14.7 Å². The maximum Gasteiger partial charge on any atom is 0.414 e. The van der Waals surface area contributed by atoms with E-state index in [-0.39, 0.29) is 45.0 Å². The Kier molecular flexibility index (Phi) is 8.38. The SMILES string of the molecule is C.CC(=O)NC[C@H]1CN(c2ccc(-c3ccn4c(C(=O)CC[C@H](O)CO)cnc4c3)c(F)c2)C(=O)O1. The fourth-order valence-electron chi connectivity index (χ4n) is 3.87. The highest BCUT2D eigenvalue weighted by Gasteiger charge is 2.32. The molecule has 1 aliphatic heterocycles. The number of halogens is 1. The molecule has 0 radical (unpaired) electrons. The number of anilines is 1. The Morgan fingerprint density at radius 2 is 2.08 bits per heavy atom. The van der Waals surface area contributed by atoms with Gasteiger partial charge in [0.2, 0.25) is 5.91 Å². The van der Waals surface area contributed by atoms with Gasteiger partial charge in [0.05, 0.1) is 37.7 Å². The summed E-state index contributed by atoms with van der Waals surface area (Å²) in [6.45, 7) is 1.32. The van der Waals surface area contributed by atoms with E-state index >= 15 is 4.39 Å². The molecule has 2 aromatic heterocycles. The summed E-state index contributed by atoms with van der Waals surface area (Å²) in [4.78, 5) is 41.3. The minimum absolute atomic E-state index is 0. The van der Waals surface area contributed by atoms with Crippen LogP contribution in [0.15, 0.2) is 42.7 Å². The monoisotopic (exact) mass is 500 g/mol. The maximum absolute atomic E-state index is 15.0. The largest absolute Gasteiger partial charge is 0.442 e. The van der Waals surface area contributed by atoms with Gasteiger partial charge in [-0.2, -0.15) is 0 Å². The highest BCUT2D eigenvalue weighted by atomic mass is 19.1. The minimum atomic E-state index is -0.957. The van der Waals surface area contributed by atoms with Crippen molar-refractivity contribution in [2.24, 2.45) is 0 Å². The Morgan fingerprint density at radius 1 is 1.31 bits per heavy atom. The summed E-state index contributed by atoms with van der Waals surface area (Å²) in [7, 11) is 0. The molecule has 10 nitrogen and oxygen atoms in total. The second kappa shape index (κ2) is 11.3. The van der Waals surface area contributed by atoms with Gasteiger partial charge in [-0.15, -0.1) is 0 Å². The molecule has 3 heterocycles. The number of nitrogens with one attached hydrogen (secondary N) is 1. The Hall–Kier alpha value is -3.83. The molecule has 1 aliphatic rings. The lowest BCUT2D eigenvalue weighted by atomic mass is 10.1. The van der Waals surface area contributed by atoms with Gasteiger partial charge in [0, 0.05) is 25.1 Å². The van der Waals surface area contributed by atoms with Crippen LogP contribution >= 0.6 is 0 Å². The van der Waals surface area contributed by atoms with Crippen molar-refractivity contribution < 1.29 is 33.7 Å². The van der Waals surface area contributed by atoms with Gasteiger partial charge < -0.3 is 20.3 Å². The van der Waals surface area contributed by atoms with Crippen molar-refractivity contribution in [2.45, 2.75) is 39.4 Å². The van der Waals surface area contributed by atoms with Crippen LogP contribution in [0, 0.1) is 5.82 Å². The first-order valence-corrected chi connectivity index (χ1v) is 11.1. The van der Waals surface area contributed by atoms with Crippen LogP contribution in [0.2, 0.25) is 0 Å². The van der Waals surface area contributed by atoms with E-state index in [2.05, 4.69) is 10.3 Å². The molecule has 3 aromatic rings. The first-order valence-electron chi connectivity index (χ1n) is 11.1. The highest BCUT2D eigenvalue weighted by Crippen LogP contribution is 2.30. The van der Waals surface area contributed by atoms with E-state index in [1.165, 1.54) is 24.1 Å². The number of carbonyl (C=O) groups is 3. The average molecular weight is 501 g/mol. The molecule has 0 aliphatic carbocycles. The number of hydrogen-bond acceptors (Lipinski definition) is 7. The molecule has 1 aromatic carbocycles. The number of benzene rings is 1. The first kappa shape index (κ1) is 26.8. The number of rotatable bonds is 9. The van der Waals surface area contributed by atoms with Crippen LogP contribution in [0.1, 0.15) is 37.7 Å². The summed E-state index contributed by atoms with van der Waals surface area (Å²) >= 11 is 0. The number of aliphatic hydroxyl groups is 2. The van der Waals surface area contributed by atoms with Crippen LogP contribution in [-0.2, 0) is 9.53 Å². The van der Waals surface area contributed by atoms with E-state index in [1.807, 2.05) is 0 Å². The Balaban J connectivity index is 0.00000361. The van der Waals surface area contributed by atoms with Crippen LogP contribution < -0.4 is 10.2 Å². The summed E-state index contributed by atoms with van der Waals surface area (Å²) in [6, 6.07) is 7.70. The number of fused-ring (bicyclic) bond motifs is 1. The molecule has 0 bridgehead atoms. The Bertz CT molecular complexity index is 1280. The number of imidazole rings is 1. The third kappa shape index (κ3) is 5.69. The molecular weight excluding hydrogens is 471 g/mol. The smallest absolute Gasteiger partial charge is 0.414 e. The number of pyridine rings is 1. The van der Waals surface area contributed by atoms with Crippen LogP contribution in [0.5, 0.6) is 0 Å². The average Bonchev–Trinajstić information content (AvgIpc) is 3.43. The van der Waals surface area contributed by atoms with Gasteiger partial charge >= 0.3 is 6.09 Å². The van der Waals surface area contributed by atoms with Crippen molar-refractivity contribution in [3.05, 3.63) is 54.2 Å². The first-order chi connectivity index (χ1) is 16.8. The van der Waals surface area contributed by atoms with Crippen molar-refractivity contribution in [3.63, 3.8) is 0 Å². The van der Waals surface area contributed by atoms with Crippen LogP contribution in [0.4, 0.5) is 14.9 Å². The summed E-state index contributed by atoms with van der Waals surface area (Å²) in [5.74, 6) is -1.02. The van der Waals surface area contributed by atoms with Gasteiger partial charge in [0.25, 0.3) is 0 Å². The lowest BCUT2D eigenvalue weighted by Crippen LogP contribution is -2.33. The van der Waals surface area contributed by atoms with Crippen molar-refractivity contribution in [2.75, 3.05) is 24.6 Å². The van der Waals surface area contributed by atoms with Crippen molar-refractivity contribution >= 4 is 29.1 Å². The second-order valence-corrected chi connectivity index (χ2v) is 8.30. The van der Waals surface area contributed by atoms with E-state index in [0.29, 0.717) is 28.2 Å². The molecule has 2 amide bonds. The number of aliphatic hydroxyl groups excluding tert-OH is 2. The lowest BCUT2D eigenvalue weighted by molar-refractivity contribution is -0.119. The van der Waals surface area contributed by atoms with Crippen molar-refractivity contribution in [1.29, 1.82) is 0 Å². The number of aromatic nitrogens is 2. The number of Topliss-reactive ketones (excluding diaryl/α,β-unsaturated/α-hetero) is 1. The van der Waals surface area contributed by atoms with Crippen molar-refractivity contribution in [3.8, 4) is 11.1 Å². The second-order valence-electron chi connectivity index (χ2n) is 8.30. The minimum Gasteiger partial charge on any atom is -0.442 e. The van der Waals surface area contributed by atoms with E-state index < -0.39 is 30.7 Å². The third-order valence-electron chi connectivity index (χ3n) is 5.74. The number of ether oxygens (including phenoxy) is 1. The summed E-state index contributed by atoms with van der Waals surface area (Å²) in [6.07, 6.45) is 1.12. The standard InChI is InChI=1S/C24H25FN4O6.CH4/c1-14(31)26-10-18-12-29(24(34)35-18)16-2-4-19(20(25)9-16)15-6-7-28-21(11-27-23(28)8-15)22(33)5-3-17(32)13-30;/h2,4,6-9,11,17-18,30,32H,3,5,10,12-13H2,1H3,(H,26,31);1H4/t17-,18-;/m0./s1. The number of ketones is 1. The quantitative estimate of drug-likeness (QED) is 0.385. The molecule has 1 saturated heterocycles.